The van der Waals surface area contributed by atoms with Crippen LogP contribution in [0.15, 0.2) is 53.9 Å². The molecule has 0 spiro atoms. The van der Waals surface area contributed by atoms with Crippen molar-refractivity contribution in [3.63, 3.8) is 0 Å². The van der Waals surface area contributed by atoms with Crippen molar-refractivity contribution in [3.05, 3.63) is 59.9 Å². The molecule has 2 aromatic rings. The standard InChI is InChI=1S/C14H13N3O2.2H2O/c1-19-13-6-4-11(5-7-13)9-16-17-14(18)12-3-2-8-15-10-12;;/h2-10H,1H3,(H,17,18);2*1H2/b16-9+;;. The first-order chi connectivity index (χ1) is 9.29. The molecule has 1 aromatic carbocycles. The summed E-state index contributed by atoms with van der Waals surface area (Å²) in [7, 11) is 1.61. The molecule has 0 aliphatic carbocycles. The number of hydrazone groups is 1. The number of methoxy groups -OCH3 is 1. The van der Waals surface area contributed by atoms with Gasteiger partial charge in [-0.1, -0.05) is 0 Å². The van der Waals surface area contributed by atoms with E-state index in [9.17, 15) is 4.79 Å². The SMILES string of the molecule is COc1ccc(/C=N/NC(=O)c2cccnc2)cc1.O.O. The number of carbonyl (C=O) groups excluding carboxylic acids is 1. The monoisotopic (exact) mass is 291 g/mol. The highest BCUT2D eigenvalue weighted by molar-refractivity contribution is 5.94. The van der Waals surface area contributed by atoms with Crippen molar-refractivity contribution in [2.75, 3.05) is 7.11 Å². The minimum absolute atomic E-state index is 0. The van der Waals surface area contributed by atoms with Gasteiger partial charge in [0.25, 0.3) is 5.91 Å². The van der Waals surface area contributed by atoms with Crippen molar-refractivity contribution in [2.45, 2.75) is 0 Å². The first-order valence-corrected chi connectivity index (χ1v) is 5.67. The van der Waals surface area contributed by atoms with Crippen molar-refractivity contribution >= 4 is 12.1 Å². The molecule has 1 heterocycles. The molecule has 0 unspecified atom stereocenters. The summed E-state index contributed by atoms with van der Waals surface area (Å²) >= 11 is 0. The third kappa shape index (κ3) is 5.39. The van der Waals surface area contributed by atoms with E-state index in [1.807, 2.05) is 24.3 Å². The minimum atomic E-state index is -0.294. The molecule has 7 heteroatoms. The van der Waals surface area contributed by atoms with E-state index in [0.717, 1.165) is 11.3 Å². The van der Waals surface area contributed by atoms with Crippen LogP contribution >= 0.6 is 0 Å². The predicted octanol–water partition coefficient (Wildman–Crippen LogP) is 0.205. The van der Waals surface area contributed by atoms with E-state index in [0.29, 0.717) is 5.56 Å². The lowest BCUT2D eigenvalue weighted by Crippen LogP contribution is -2.17. The van der Waals surface area contributed by atoms with Crippen LogP contribution < -0.4 is 10.2 Å². The van der Waals surface area contributed by atoms with Gasteiger partial charge in [-0.2, -0.15) is 5.10 Å². The van der Waals surface area contributed by atoms with Gasteiger partial charge in [-0.15, -0.1) is 0 Å². The van der Waals surface area contributed by atoms with Crippen molar-refractivity contribution in [3.8, 4) is 5.75 Å². The fourth-order valence-electron chi connectivity index (χ4n) is 1.42. The maximum Gasteiger partial charge on any atom is 0.272 e. The Morgan fingerprint density at radius 2 is 1.95 bits per heavy atom. The molecule has 0 atom stereocenters. The zero-order chi connectivity index (χ0) is 13.5. The number of aromatic nitrogens is 1. The topological polar surface area (TPSA) is 127 Å². The third-order valence-corrected chi connectivity index (χ3v) is 2.42. The summed E-state index contributed by atoms with van der Waals surface area (Å²) in [5.74, 6) is 0.481. The van der Waals surface area contributed by atoms with Gasteiger partial charge in [-0.05, 0) is 42.0 Å². The van der Waals surface area contributed by atoms with Gasteiger partial charge < -0.3 is 15.7 Å². The molecule has 0 aliphatic heterocycles. The molecule has 0 saturated heterocycles. The zero-order valence-electron chi connectivity index (χ0n) is 11.4. The lowest BCUT2D eigenvalue weighted by Gasteiger charge is -2.00. The molecule has 0 fully saturated rings. The quantitative estimate of drug-likeness (QED) is 0.638. The number of ether oxygens (including phenoxy) is 1. The van der Waals surface area contributed by atoms with Crippen molar-refractivity contribution < 1.29 is 20.5 Å². The summed E-state index contributed by atoms with van der Waals surface area (Å²) in [6, 6.07) is 10.7. The summed E-state index contributed by atoms with van der Waals surface area (Å²) in [4.78, 5) is 15.5. The maximum absolute atomic E-state index is 11.7. The normalized spacial score (nSPS) is 9.38. The summed E-state index contributed by atoms with van der Waals surface area (Å²) in [6.45, 7) is 0. The summed E-state index contributed by atoms with van der Waals surface area (Å²) in [5.41, 5.74) is 3.77. The van der Waals surface area contributed by atoms with Gasteiger partial charge in [0, 0.05) is 12.4 Å². The molecule has 2 rings (SSSR count). The van der Waals surface area contributed by atoms with Gasteiger partial charge in [-0.3, -0.25) is 9.78 Å². The van der Waals surface area contributed by atoms with Crippen LogP contribution in [0.5, 0.6) is 5.75 Å². The highest BCUT2D eigenvalue weighted by atomic mass is 16.5. The second-order valence-electron chi connectivity index (χ2n) is 3.71. The van der Waals surface area contributed by atoms with Crippen molar-refractivity contribution in [1.82, 2.24) is 10.4 Å². The Morgan fingerprint density at radius 1 is 1.24 bits per heavy atom. The van der Waals surface area contributed by atoms with E-state index in [2.05, 4.69) is 15.5 Å². The number of benzene rings is 1. The first kappa shape index (κ1) is 18.2. The van der Waals surface area contributed by atoms with E-state index < -0.39 is 0 Å². The summed E-state index contributed by atoms with van der Waals surface area (Å²) in [5, 5.41) is 3.88. The highest BCUT2D eigenvalue weighted by Gasteiger charge is 2.02. The molecular formula is C14H17N3O4. The van der Waals surface area contributed by atoms with E-state index in [1.165, 1.54) is 6.20 Å². The Morgan fingerprint density at radius 3 is 2.52 bits per heavy atom. The number of carbonyl (C=O) groups is 1. The number of amides is 1. The highest BCUT2D eigenvalue weighted by Crippen LogP contribution is 2.09. The summed E-state index contributed by atoms with van der Waals surface area (Å²) < 4.78 is 5.05. The number of pyridine rings is 1. The third-order valence-electron chi connectivity index (χ3n) is 2.42. The molecule has 112 valence electrons. The van der Waals surface area contributed by atoms with E-state index in [-0.39, 0.29) is 16.9 Å². The van der Waals surface area contributed by atoms with Crippen molar-refractivity contribution in [2.24, 2.45) is 5.10 Å². The Labute approximate surface area is 121 Å². The average molecular weight is 291 g/mol. The van der Waals surface area contributed by atoms with Gasteiger partial charge in [-0.25, -0.2) is 5.43 Å². The Hall–Kier alpha value is -2.77. The number of rotatable bonds is 4. The molecule has 0 radical (unpaired) electrons. The number of hydrogen-bond donors (Lipinski definition) is 1. The van der Waals surface area contributed by atoms with Crippen LogP contribution in [0.2, 0.25) is 0 Å². The van der Waals surface area contributed by atoms with E-state index in [1.54, 1.807) is 31.7 Å². The predicted molar refractivity (Wildman–Crippen MR) is 79.5 cm³/mol. The molecule has 1 aromatic heterocycles. The second kappa shape index (κ2) is 9.18. The Balaban J connectivity index is 0.00000200. The van der Waals surface area contributed by atoms with Crippen LogP contribution in [-0.4, -0.2) is 35.2 Å². The smallest absolute Gasteiger partial charge is 0.272 e. The van der Waals surface area contributed by atoms with Gasteiger partial charge in [0.05, 0.1) is 18.9 Å². The molecule has 1 amide bonds. The van der Waals surface area contributed by atoms with Crippen LogP contribution in [0.4, 0.5) is 0 Å². The van der Waals surface area contributed by atoms with Crippen LogP contribution in [0.3, 0.4) is 0 Å². The lowest BCUT2D eigenvalue weighted by molar-refractivity contribution is 0.0955. The fraction of sp³-hybridized carbons (Fsp3) is 0.0714. The molecule has 7 nitrogen and oxygen atoms in total. The first-order valence-electron chi connectivity index (χ1n) is 5.67. The van der Waals surface area contributed by atoms with Gasteiger partial charge >= 0.3 is 0 Å². The van der Waals surface area contributed by atoms with Gasteiger partial charge in [0.1, 0.15) is 5.75 Å². The summed E-state index contributed by atoms with van der Waals surface area (Å²) in [6.07, 6.45) is 4.66. The van der Waals surface area contributed by atoms with Crippen LogP contribution in [-0.2, 0) is 0 Å². The molecule has 0 aliphatic rings. The molecule has 21 heavy (non-hydrogen) atoms. The molecular weight excluding hydrogens is 274 g/mol. The Bertz CT molecular complexity index is 571. The molecule has 5 N–H and O–H groups in total. The van der Waals surface area contributed by atoms with E-state index >= 15 is 0 Å². The van der Waals surface area contributed by atoms with Crippen molar-refractivity contribution in [1.29, 1.82) is 0 Å². The maximum atomic E-state index is 11.7. The molecule has 0 bridgehead atoms. The fourth-order valence-corrected chi connectivity index (χ4v) is 1.42. The lowest BCUT2D eigenvalue weighted by atomic mass is 10.2. The number of nitrogens with one attached hydrogen (secondary N) is 1. The zero-order valence-corrected chi connectivity index (χ0v) is 11.4. The van der Waals surface area contributed by atoms with Crippen LogP contribution in [0.1, 0.15) is 15.9 Å². The molecule has 0 saturated carbocycles. The average Bonchev–Trinajstić information content (AvgIpc) is 2.49. The largest absolute Gasteiger partial charge is 0.497 e. The number of nitrogens with zero attached hydrogens (tertiary/aromatic N) is 2. The van der Waals surface area contributed by atoms with Crippen LogP contribution in [0, 0.1) is 0 Å². The second-order valence-corrected chi connectivity index (χ2v) is 3.71. The minimum Gasteiger partial charge on any atom is -0.497 e. The number of hydrogen-bond acceptors (Lipinski definition) is 4. The Kier molecular flexibility index (Phi) is 7.97. The van der Waals surface area contributed by atoms with Crippen LogP contribution in [0.25, 0.3) is 0 Å². The van der Waals surface area contributed by atoms with Gasteiger partial charge in [0.15, 0.2) is 0 Å². The van der Waals surface area contributed by atoms with E-state index in [4.69, 9.17) is 4.74 Å². The van der Waals surface area contributed by atoms with Gasteiger partial charge in [0.2, 0.25) is 0 Å².